The highest BCUT2D eigenvalue weighted by molar-refractivity contribution is 9.08. The standard InChI is InChI=1S/C10H8BrClN2OS/c1-5-6(4-11)10(15)14-9(13-5)7-2-3-8(12)16-7/h2-3H,4H2,1H3,(H,13,14,15). The zero-order valence-corrected chi connectivity index (χ0v) is 11.5. The van der Waals surface area contributed by atoms with Crippen LogP contribution in [0.4, 0.5) is 0 Å². The van der Waals surface area contributed by atoms with Crippen molar-refractivity contribution in [2.75, 3.05) is 0 Å². The number of nitrogens with one attached hydrogen (secondary N) is 1. The van der Waals surface area contributed by atoms with Gasteiger partial charge in [0.05, 0.1) is 9.21 Å². The van der Waals surface area contributed by atoms with Gasteiger partial charge in [-0.15, -0.1) is 11.3 Å². The lowest BCUT2D eigenvalue weighted by Crippen LogP contribution is -2.15. The Bertz CT molecular complexity index is 578. The molecule has 0 atom stereocenters. The van der Waals surface area contributed by atoms with E-state index in [9.17, 15) is 4.79 Å². The number of thiophene rings is 1. The van der Waals surface area contributed by atoms with Crippen LogP contribution in [0.2, 0.25) is 4.34 Å². The molecule has 2 aromatic rings. The first-order valence-corrected chi connectivity index (χ1v) is 6.85. The minimum absolute atomic E-state index is 0.108. The van der Waals surface area contributed by atoms with Crippen LogP contribution in [0, 0.1) is 6.92 Å². The van der Waals surface area contributed by atoms with Crippen LogP contribution >= 0.6 is 38.9 Å². The van der Waals surface area contributed by atoms with Crippen molar-refractivity contribution in [3.05, 3.63) is 38.1 Å². The predicted molar refractivity (Wildman–Crippen MR) is 70.5 cm³/mol. The number of H-pyrrole nitrogens is 1. The maximum absolute atomic E-state index is 11.7. The quantitative estimate of drug-likeness (QED) is 0.863. The molecular weight excluding hydrogens is 312 g/mol. The van der Waals surface area contributed by atoms with E-state index in [1.54, 1.807) is 6.07 Å². The normalized spacial score (nSPS) is 10.7. The topological polar surface area (TPSA) is 45.8 Å². The van der Waals surface area contributed by atoms with Crippen LogP contribution < -0.4 is 5.56 Å². The molecule has 0 saturated heterocycles. The third kappa shape index (κ3) is 2.21. The van der Waals surface area contributed by atoms with E-state index in [0.717, 1.165) is 10.6 Å². The highest BCUT2D eigenvalue weighted by atomic mass is 79.9. The number of aryl methyl sites for hydroxylation is 1. The van der Waals surface area contributed by atoms with Crippen LogP contribution in [0.5, 0.6) is 0 Å². The summed E-state index contributed by atoms with van der Waals surface area (Å²) in [6, 6.07) is 3.63. The van der Waals surface area contributed by atoms with Gasteiger partial charge in [-0.25, -0.2) is 4.98 Å². The molecule has 0 aliphatic carbocycles. The van der Waals surface area contributed by atoms with Gasteiger partial charge in [0.1, 0.15) is 0 Å². The average Bonchev–Trinajstić information content (AvgIpc) is 2.64. The summed E-state index contributed by atoms with van der Waals surface area (Å²) >= 11 is 10.5. The molecule has 0 unspecified atom stereocenters. The van der Waals surface area contributed by atoms with E-state index < -0.39 is 0 Å². The van der Waals surface area contributed by atoms with Gasteiger partial charge in [-0.3, -0.25) is 4.79 Å². The summed E-state index contributed by atoms with van der Waals surface area (Å²) in [4.78, 5) is 19.7. The van der Waals surface area contributed by atoms with Gasteiger partial charge in [-0.2, -0.15) is 0 Å². The fraction of sp³-hybridized carbons (Fsp3) is 0.200. The van der Waals surface area contributed by atoms with E-state index in [2.05, 4.69) is 25.9 Å². The molecule has 0 bridgehead atoms. The molecule has 0 aliphatic rings. The number of aromatic nitrogens is 2. The first-order valence-electron chi connectivity index (χ1n) is 4.53. The minimum Gasteiger partial charge on any atom is -0.306 e. The Morgan fingerprint density at radius 3 is 2.81 bits per heavy atom. The Labute approximate surface area is 110 Å². The molecule has 2 rings (SSSR count). The van der Waals surface area contributed by atoms with Gasteiger partial charge >= 0.3 is 0 Å². The van der Waals surface area contributed by atoms with Crippen molar-refractivity contribution >= 4 is 38.9 Å². The van der Waals surface area contributed by atoms with Crippen LogP contribution in [0.15, 0.2) is 16.9 Å². The highest BCUT2D eigenvalue weighted by Crippen LogP contribution is 2.28. The number of hydrogen-bond donors (Lipinski definition) is 1. The van der Waals surface area contributed by atoms with Crippen molar-refractivity contribution in [2.45, 2.75) is 12.3 Å². The van der Waals surface area contributed by atoms with Gasteiger partial charge < -0.3 is 4.98 Å². The summed E-state index contributed by atoms with van der Waals surface area (Å²) in [5, 5.41) is 0.507. The van der Waals surface area contributed by atoms with Gasteiger partial charge in [0.25, 0.3) is 5.56 Å². The molecule has 0 aliphatic heterocycles. The second kappa shape index (κ2) is 4.69. The number of rotatable bonds is 2. The Balaban J connectivity index is 2.56. The minimum atomic E-state index is -0.108. The lowest BCUT2D eigenvalue weighted by molar-refractivity contribution is 1.03. The Hall–Kier alpha value is -0.650. The van der Waals surface area contributed by atoms with Crippen molar-refractivity contribution in [1.82, 2.24) is 9.97 Å². The van der Waals surface area contributed by atoms with Crippen LogP contribution in [-0.2, 0) is 5.33 Å². The molecule has 0 fully saturated rings. The summed E-state index contributed by atoms with van der Waals surface area (Å²) < 4.78 is 0.680. The van der Waals surface area contributed by atoms with Gasteiger partial charge in [-0.1, -0.05) is 27.5 Å². The van der Waals surface area contributed by atoms with E-state index >= 15 is 0 Å². The molecule has 0 saturated carbocycles. The Kier molecular flexibility index (Phi) is 3.47. The summed E-state index contributed by atoms with van der Waals surface area (Å²) in [5.74, 6) is 0.573. The van der Waals surface area contributed by atoms with E-state index in [0.29, 0.717) is 21.1 Å². The predicted octanol–water partition coefficient (Wildman–Crippen LogP) is 3.36. The first kappa shape index (κ1) is 11.8. The average molecular weight is 320 g/mol. The SMILES string of the molecule is Cc1nc(-c2ccc(Cl)s2)[nH]c(=O)c1CBr. The molecule has 6 heteroatoms. The molecule has 2 aromatic heterocycles. The summed E-state index contributed by atoms with van der Waals surface area (Å²) in [5.41, 5.74) is 1.29. The maximum atomic E-state index is 11.7. The van der Waals surface area contributed by atoms with Crippen LogP contribution in [0.25, 0.3) is 10.7 Å². The number of aromatic amines is 1. The third-order valence-electron chi connectivity index (χ3n) is 2.16. The number of halogens is 2. The van der Waals surface area contributed by atoms with E-state index in [4.69, 9.17) is 11.6 Å². The van der Waals surface area contributed by atoms with E-state index in [1.807, 2.05) is 13.0 Å². The zero-order chi connectivity index (χ0) is 11.7. The van der Waals surface area contributed by atoms with E-state index in [1.165, 1.54) is 11.3 Å². The number of alkyl halides is 1. The summed E-state index contributed by atoms with van der Waals surface area (Å²) in [6.07, 6.45) is 0. The summed E-state index contributed by atoms with van der Waals surface area (Å²) in [7, 11) is 0. The molecule has 3 nitrogen and oxygen atoms in total. The first-order chi connectivity index (χ1) is 7.61. The largest absolute Gasteiger partial charge is 0.306 e. The number of hydrogen-bond acceptors (Lipinski definition) is 3. The van der Waals surface area contributed by atoms with Crippen molar-refractivity contribution in [3.63, 3.8) is 0 Å². The lowest BCUT2D eigenvalue weighted by Gasteiger charge is -2.02. The molecule has 0 aromatic carbocycles. The Morgan fingerprint density at radius 1 is 1.56 bits per heavy atom. The van der Waals surface area contributed by atoms with Crippen LogP contribution in [0.3, 0.4) is 0 Å². The van der Waals surface area contributed by atoms with Gasteiger partial charge in [0.15, 0.2) is 5.82 Å². The fourth-order valence-electron chi connectivity index (χ4n) is 1.33. The van der Waals surface area contributed by atoms with Gasteiger partial charge in [-0.05, 0) is 19.1 Å². The molecule has 0 amide bonds. The molecule has 16 heavy (non-hydrogen) atoms. The van der Waals surface area contributed by atoms with Gasteiger partial charge in [0, 0.05) is 16.6 Å². The highest BCUT2D eigenvalue weighted by Gasteiger charge is 2.09. The summed E-state index contributed by atoms with van der Waals surface area (Å²) in [6.45, 7) is 1.82. The van der Waals surface area contributed by atoms with Crippen molar-refractivity contribution in [3.8, 4) is 10.7 Å². The molecule has 0 radical (unpaired) electrons. The Morgan fingerprint density at radius 2 is 2.31 bits per heavy atom. The van der Waals surface area contributed by atoms with Crippen molar-refractivity contribution in [1.29, 1.82) is 0 Å². The van der Waals surface area contributed by atoms with E-state index in [-0.39, 0.29) is 5.56 Å². The van der Waals surface area contributed by atoms with Crippen molar-refractivity contribution in [2.24, 2.45) is 0 Å². The molecular formula is C10H8BrClN2OS. The van der Waals surface area contributed by atoms with Crippen LogP contribution in [-0.4, -0.2) is 9.97 Å². The third-order valence-corrected chi connectivity index (χ3v) is 3.96. The maximum Gasteiger partial charge on any atom is 0.255 e. The molecule has 0 spiro atoms. The fourth-order valence-corrected chi connectivity index (χ4v) is 2.97. The smallest absolute Gasteiger partial charge is 0.255 e. The molecule has 2 heterocycles. The van der Waals surface area contributed by atoms with Gasteiger partial charge in [0.2, 0.25) is 0 Å². The second-order valence-electron chi connectivity index (χ2n) is 3.22. The van der Waals surface area contributed by atoms with Crippen molar-refractivity contribution < 1.29 is 0 Å². The zero-order valence-electron chi connectivity index (χ0n) is 8.38. The molecule has 84 valence electrons. The lowest BCUT2D eigenvalue weighted by atomic mass is 10.2. The second-order valence-corrected chi connectivity index (χ2v) is 5.49. The monoisotopic (exact) mass is 318 g/mol. The molecule has 1 N–H and O–H groups in total. The van der Waals surface area contributed by atoms with Crippen LogP contribution in [0.1, 0.15) is 11.3 Å². The number of nitrogens with zero attached hydrogens (tertiary/aromatic N) is 1.